The van der Waals surface area contributed by atoms with Crippen LogP contribution in [-0.2, 0) is 32.7 Å². The summed E-state index contributed by atoms with van der Waals surface area (Å²) in [7, 11) is 1.40. The summed E-state index contributed by atoms with van der Waals surface area (Å²) >= 11 is 0. The monoisotopic (exact) mass is 805 g/mol. The summed E-state index contributed by atoms with van der Waals surface area (Å²) in [5.41, 5.74) is 0. The third-order valence-electron chi connectivity index (χ3n) is 8.44. The van der Waals surface area contributed by atoms with Crippen molar-refractivity contribution in [3.8, 4) is 0 Å². The molecule has 10 heteroatoms. The number of carbonyl (C=O) groups is 2. The lowest BCUT2D eigenvalue weighted by molar-refractivity contribution is -0.870. The zero-order valence-electron chi connectivity index (χ0n) is 35.8. The Morgan fingerprint density at radius 3 is 1.61 bits per heavy atom. The third-order valence-corrected chi connectivity index (χ3v) is 9.43. The Morgan fingerprint density at radius 1 is 0.589 bits per heavy atom. The van der Waals surface area contributed by atoms with Gasteiger partial charge in [0.15, 0.2) is 6.10 Å². The van der Waals surface area contributed by atoms with Crippen LogP contribution in [0.1, 0.15) is 142 Å². The molecular formula is C46H79NO8P+. The molecular weight excluding hydrogens is 725 g/mol. The normalized spacial score (nSPS) is 14.5. The van der Waals surface area contributed by atoms with E-state index in [0.717, 1.165) is 57.8 Å². The summed E-state index contributed by atoms with van der Waals surface area (Å²) in [4.78, 5) is 35.3. The van der Waals surface area contributed by atoms with Gasteiger partial charge in [0.05, 0.1) is 34.2 Å². The van der Waals surface area contributed by atoms with E-state index in [1.165, 1.54) is 44.9 Å². The van der Waals surface area contributed by atoms with Crippen molar-refractivity contribution in [2.75, 3.05) is 47.5 Å². The number of phosphoric ester groups is 1. The molecule has 56 heavy (non-hydrogen) atoms. The largest absolute Gasteiger partial charge is 0.472 e. The van der Waals surface area contributed by atoms with Gasteiger partial charge in [-0.15, -0.1) is 0 Å². The van der Waals surface area contributed by atoms with Gasteiger partial charge in [0.25, 0.3) is 0 Å². The van der Waals surface area contributed by atoms with Gasteiger partial charge in [-0.2, -0.15) is 0 Å². The number of hydrogen-bond donors (Lipinski definition) is 1. The summed E-state index contributed by atoms with van der Waals surface area (Å²) in [6.07, 6.45) is 48.0. The lowest BCUT2D eigenvalue weighted by Crippen LogP contribution is -2.37. The van der Waals surface area contributed by atoms with E-state index < -0.39 is 32.5 Å². The first-order valence-electron chi connectivity index (χ1n) is 21.3. The van der Waals surface area contributed by atoms with Crippen molar-refractivity contribution in [1.82, 2.24) is 0 Å². The van der Waals surface area contributed by atoms with Crippen LogP contribution in [0.15, 0.2) is 85.1 Å². The first kappa shape index (κ1) is 53.2. The van der Waals surface area contributed by atoms with E-state index in [2.05, 4.69) is 80.7 Å². The quantitative estimate of drug-likeness (QED) is 0.0217. The molecule has 0 saturated carbocycles. The topological polar surface area (TPSA) is 108 Å². The van der Waals surface area contributed by atoms with Gasteiger partial charge in [0.1, 0.15) is 19.8 Å². The SMILES string of the molecule is CC/C=C\C/C=C\C/C=C\C/C=C\C/C=C\CC(=O)OC(COC(=O)CCCCCCCCC/C=C\C/C=C\CCCCC)COP(=O)(O)OCC[N+](C)(C)C. The highest BCUT2D eigenvalue weighted by atomic mass is 31.2. The van der Waals surface area contributed by atoms with Crippen molar-refractivity contribution in [3.63, 3.8) is 0 Å². The number of rotatable bonds is 37. The summed E-state index contributed by atoms with van der Waals surface area (Å²) in [5, 5.41) is 0. The van der Waals surface area contributed by atoms with Crippen molar-refractivity contribution in [2.24, 2.45) is 0 Å². The molecule has 1 N–H and O–H groups in total. The maximum atomic E-state index is 12.6. The number of hydrogen-bond acceptors (Lipinski definition) is 7. The molecule has 2 unspecified atom stereocenters. The van der Waals surface area contributed by atoms with Gasteiger partial charge in [0.2, 0.25) is 0 Å². The number of allylic oxidation sites excluding steroid dienone is 13. The predicted octanol–water partition coefficient (Wildman–Crippen LogP) is 12.0. The van der Waals surface area contributed by atoms with Gasteiger partial charge in [-0.1, -0.05) is 144 Å². The fourth-order valence-corrected chi connectivity index (χ4v) is 5.86. The number of unbranched alkanes of at least 4 members (excludes halogenated alkanes) is 10. The van der Waals surface area contributed by atoms with Crippen molar-refractivity contribution >= 4 is 19.8 Å². The van der Waals surface area contributed by atoms with Crippen LogP contribution in [0.2, 0.25) is 0 Å². The smallest absolute Gasteiger partial charge is 0.462 e. The van der Waals surface area contributed by atoms with Gasteiger partial charge in [0, 0.05) is 6.42 Å². The molecule has 0 aromatic rings. The molecule has 9 nitrogen and oxygen atoms in total. The van der Waals surface area contributed by atoms with Crippen LogP contribution in [-0.4, -0.2) is 74.9 Å². The second kappa shape index (κ2) is 37.7. The van der Waals surface area contributed by atoms with Gasteiger partial charge in [-0.25, -0.2) is 4.57 Å². The van der Waals surface area contributed by atoms with Crippen molar-refractivity contribution in [1.29, 1.82) is 0 Å². The summed E-state index contributed by atoms with van der Waals surface area (Å²) in [6, 6.07) is 0. The molecule has 0 aromatic carbocycles. The number of esters is 2. The fourth-order valence-electron chi connectivity index (χ4n) is 5.12. The average molecular weight is 805 g/mol. The number of likely N-dealkylation sites (N-methyl/N-ethyl adjacent to an activating group) is 1. The molecule has 0 fully saturated rings. The number of phosphoric acid groups is 1. The van der Waals surface area contributed by atoms with E-state index in [9.17, 15) is 19.0 Å². The van der Waals surface area contributed by atoms with Gasteiger partial charge < -0.3 is 18.9 Å². The highest BCUT2D eigenvalue weighted by Gasteiger charge is 2.26. The lowest BCUT2D eigenvalue weighted by atomic mass is 10.1. The van der Waals surface area contributed by atoms with Crippen LogP contribution in [0.4, 0.5) is 0 Å². The molecule has 0 aliphatic carbocycles. The lowest BCUT2D eigenvalue weighted by Gasteiger charge is -2.24. The number of carbonyl (C=O) groups excluding carboxylic acids is 2. The molecule has 0 bridgehead atoms. The molecule has 0 aliphatic rings. The van der Waals surface area contributed by atoms with Crippen LogP contribution >= 0.6 is 7.82 Å². The molecule has 2 atom stereocenters. The third kappa shape index (κ3) is 40.8. The Hall–Kier alpha value is -2.81. The van der Waals surface area contributed by atoms with E-state index in [-0.39, 0.29) is 26.1 Å². The Bertz CT molecular complexity index is 1230. The highest BCUT2D eigenvalue weighted by Crippen LogP contribution is 2.43. The van der Waals surface area contributed by atoms with Crippen molar-refractivity contribution < 1.29 is 42.1 Å². The summed E-state index contributed by atoms with van der Waals surface area (Å²) in [6.45, 7) is 4.13. The molecule has 0 aromatic heterocycles. The van der Waals surface area contributed by atoms with Crippen LogP contribution in [0, 0.1) is 0 Å². The van der Waals surface area contributed by atoms with E-state index in [1.807, 2.05) is 33.3 Å². The minimum atomic E-state index is -4.40. The molecule has 0 spiro atoms. The van der Waals surface area contributed by atoms with E-state index in [0.29, 0.717) is 23.9 Å². The number of ether oxygens (including phenoxy) is 2. The molecule has 0 rings (SSSR count). The maximum absolute atomic E-state index is 12.6. The summed E-state index contributed by atoms with van der Waals surface area (Å²) < 4.78 is 34.1. The molecule has 0 heterocycles. The molecule has 0 saturated heterocycles. The van der Waals surface area contributed by atoms with E-state index in [4.69, 9.17) is 18.5 Å². The van der Waals surface area contributed by atoms with Gasteiger partial charge in [-0.05, 0) is 70.6 Å². The number of nitrogens with zero attached hydrogens (tertiary/aromatic N) is 1. The van der Waals surface area contributed by atoms with Crippen LogP contribution < -0.4 is 0 Å². The van der Waals surface area contributed by atoms with Crippen molar-refractivity contribution in [2.45, 2.75) is 148 Å². The zero-order chi connectivity index (χ0) is 41.4. The maximum Gasteiger partial charge on any atom is 0.472 e. The molecule has 320 valence electrons. The standard InChI is InChI=1S/C46H78NO8P/c1-6-8-10-12-14-16-18-20-22-23-25-26-28-30-32-34-36-38-45(48)52-42-44(43-54-56(50,51)53-41-40-47(3,4)5)55-46(49)39-37-35-33-31-29-27-24-21-19-17-15-13-11-9-7-2/h9,11,14-17,20-22,24,29,31,35,37,44H,6-8,10,12-13,18-19,23,25-28,30,32-34,36,38-43H2,1-5H3/p+1/b11-9-,16-14-,17-15-,22-20-,24-21-,31-29-,37-35-. The highest BCUT2D eigenvalue weighted by molar-refractivity contribution is 7.47. The van der Waals surface area contributed by atoms with Crippen LogP contribution in [0.5, 0.6) is 0 Å². The van der Waals surface area contributed by atoms with Crippen LogP contribution in [0.25, 0.3) is 0 Å². The van der Waals surface area contributed by atoms with E-state index in [1.54, 1.807) is 6.08 Å². The first-order valence-corrected chi connectivity index (χ1v) is 22.8. The second-order valence-corrected chi connectivity index (χ2v) is 16.5. The minimum absolute atomic E-state index is 0.00229. The minimum Gasteiger partial charge on any atom is -0.462 e. The average Bonchev–Trinajstić information content (AvgIpc) is 3.15. The van der Waals surface area contributed by atoms with Gasteiger partial charge >= 0.3 is 19.8 Å². The second-order valence-electron chi connectivity index (χ2n) is 15.0. The predicted molar refractivity (Wildman–Crippen MR) is 233 cm³/mol. The zero-order valence-corrected chi connectivity index (χ0v) is 36.7. The van der Waals surface area contributed by atoms with Crippen LogP contribution in [0.3, 0.4) is 0 Å². The molecule has 0 radical (unpaired) electrons. The molecule has 0 amide bonds. The van der Waals surface area contributed by atoms with Crippen molar-refractivity contribution in [3.05, 3.63) is 85.1 Å². The summed E-state index contributed by atoms with van der Waals surface area (Å²) in [5.74, 6) is -0.964. The fraction of sp³-hybridized carbons (Fsp3) is 0.652. The Balaban J connectivity index is 4.53. The Labute approximate surface area is 341 Å². The Kier molecular flexibility index (Phi) is 35.9. The van der Waals surface area contributed by atoms with Gasteiger partial charge in [-0.3, -0.25) is 18.6 Å². The van der Waals surface area contributed by atoms with E-state index >= 15 is 0 Å². The first-order chi connectivity index (χ1) is 27.0. The number of quaternary nitrogens is 1. The Morgan fingerprint density at radius 2 is 1.07 bits per heavy atom. The molecule has 0 aliphatic heterocycles.